The molecular formula is C14H22N2OS. The molecule has 18 heavy (non-hydrogen) atoms. The van der Waals surface area contributed by atoms with Crippen LogP contribution < -0.4 is 5.32 Å². The largest absolute Gasteiger partial charge is 0.375 e. The van der Waals surface area contributed by atoms with Gasteiger partial charge in [-0.1, -0.05) is 6.92 Å². The van der Waals surface area contributed by atoms with Crippen molar-refractivity contribution in [2.75, 3.05) is 6.61 Å². The number of nitrogens with zero attached hydrogens (tertiary/aromatic N) is 1. The summed E-state index contributed by atoms with van der Waals surface area (Å²) in [5.74, 6) is 0. The van der Waals surface area contributed by atoms with Gasteiger partial charge in [-0.2, -0.15) is 0 Å². The van der Waals surface area contributed by atoms with Crippen molar-refractivity contribution in [3.63, 3.8) is 0 Å². The molecule has 2 heterocycles. The number of rotatable bonds is 4. The molecular weight excluding hydrogens is 244 g/mol. The Hall–Kier alpha value is -0.450. The van der Waals surface area contributed by atoms with Gasteiger partial charge in [-0.25, -0.2) is 4.98 Å². The lowest BCUT2D eigenvalue weighted by Crippen LogP contribution is -2.54. The Labute approximate surface area is 113 Å². The van der Waals surface area contributed by atoms with Crippen LogP contribution >= 0.6 is 11.3 Å². The summed E-state index contributed by atoms with van der Waals surface area (Å²) in [6, 6.07) is 0.702. The lowest BCUT2D eigenvalue weighted by atomic mass is 9.79. The first-order chi connectivity index (χ1) is 8.66. The molecule has 100 valence electrons. The number of aromatic nitrogens is 1. The molecule has 3 nitrogen and oxygen atoms in total. The molecule has 1 saturated carbocycles. The molecule has 1 aliphatic heterocycles. The molecule has 2 fully saturated rings. The minimum Gasteiger partial charge on any atom is -0.375 e. The fourth-order valence-electron chi connectivity index (χ4n) is 2.92. The lowest BCUT2D eigenvalue weighted by Gasteiger charge is -2.45. The number of ether oxygens (including phenoxy) is 1. The third-order valence-electron chi connectivity index (χ3n) is 4.30. The van der Waals surface area contributed by atoms with Crippen LogP contribution in [0.3, 0.4) is 0 Å². The van der Waals surface area contributed by atoms with E-state index in [4.69, 9.17) is 4.74 Å². The van der Waals surface area contributed by atoms with E-state index < -0.39 is 0 Å². The highest BCUT2D eigenvalue weighted by Crippen LogP contribution is 2.43. The number of hydrogen-bond donors (Lipinski definition) is 1. The predicted octanol–water partition coefficient (Wildman–Crippen LogP) is 3.07. The molecule has 2 unspecified atom stereocenters. The van der Waals surface area contributed by atoms with Crippen molar-refractivity contribution >= 4 is 11.3 Å². The zero-order chi connectivity index (χ0) is 12.6. The monoisotopic (exact) mass is 266 g/mol. The maximum absolute atomic E-state index is 6.01. The van der Waals surface area contributed by atoms with Crippen molar-refractivity contribution in [1.82, 2.24) is 10.3 Å². The Morgan fingerprint density at radius 2 is 2.39 bits per heavy atom. The zero-order valence-electron chi connectivity index (χ0n) is 11.2. The van der Waals surface area contributed by atoms with Gasteiger partial charge in [-0.05, 0) is 32.6 Å². The Morgan fingerprint density at radius 3 is 3.00 bits per heavy atom. The van der Waals surface area contributed by atoms with E-state index in [0.717, 1.165) is 25.9 Å². The van der Waals surface area contributed by atoms with Gasteiger partial charge in [0.2, 0.25) is 0 Å². The smallest absolute Gasteiger partial charge is 0.113 e. The highest BCUT2D eigenvalue weighted by Gasteiger charge is 2.47. The minimum atomic E-state index is -0.00812. The van der Waals surface area contributed by atoms with Crippen LogP contribution in [0.25, 0.3) is 0 Å². The summed E-state index contributed by atoms with van der Waals surface area (Å²) in [6.07, 6.45) is 7.71. The van der Waals surface area contributed by atoms with Crippen LogP contribution in [0.5, 0.6) is 0 Å². The van der Waals surface area contributed by atoms with Gasteiger partial charge in [0.05, 0.1) is 11.1 Å². The second-order valence-electron chi connectivity index (χ2n) is 5.92. The summed E-state index contributed by atoms with van der Waals surface area (Å²) < 4.78 is 6.01. The third-order valence-corrected chi connectivity index (χ3v) is 5.28. The number of thiazole rings is 1. The van der Waals surface area contributed by atoms with Crippen LogP contribution in [-0.4, -0.2) is 23.2 Å². The molecule has 1 N–H and O–H groups in total. The molecule has 2 atom stereocenters. The summed E-state index contributed by atoms with van der Waals surface area (Å²) in [4.78, 5) is 4.59. The molecule has 0 aromatic carbocycles. The van der Waals surface area contributed by atoms with E-state index in [2.05, 4.69) is 29.5 Å². The predicted molar refractivity (Wildman–Crippen MR) is 73.8 cm³/mol. The Balaban J connectivity index is 1.89. The van der Waals surface area contributed by atoms with Crippen LogP contribution in [0.4, 0.5) is 0 Å². The summed E-state index contributed by atoms with van der Waals surface area (Å²) in [6.45, 7) is 5.29. The van der Waals surface area contributed by atoms with Gasteiger partial charge in [0.15, 0.2) is 0 Å². The Morgan fingerprint density at radius 1 is 1.56 bits per heavy atom. The first-order valence-corrected chi connectivity index (χ1v) is 7.85. The standard InChI is InChI=1S/C14H22N2OS/c1-3-13(2)10-14(6-8-17-13,16-11-4-5-11)12-15-7-9-18-12/h7,9,11,16H,3-6,8,10H2,1-2H3. The summed E-state index contributed by atoms with van der Waals surface area (Å²) in [7, 11) is 0. The maximum atomic E-state index is 6.01. The van der Waals surface area contributed by atoms with Crippen molar-refractivity contribution in [2.45, 2.75) is 63.1 Å². The second kappa shape index (κ2) is 4.58. The molecule has 0 spiro atoms. The third kappa shape index (κ3) is 2.33. The van der Waals surface area contributed by atoms with Gasteiger partial charge < -0.3 is 10.1 Å². The zero-order valence-corrected chi connectivity index (χ0v) is 12.1. The van der Waals surface area contributed by atoms with Crippen LogP contribution in [0.1, 0.15) is 51.0 Å². The fourth-order valence-corrected chi connectivity index (χ4v) is 3.75. The summed E-state index contributed by atoms with van der Waals surface area (Å²) >= 11 is 1.78. The quantitative estimate of drug-likeness (QED) is 0.909. The van der Waals surface area contributed by atoms with Crippen molar-refractivity contribution < 1.29 is 4.74 Å². The molecule has 1 saturated heterocycles. The topological polar surface area (TPSA) is 34.2 Å². The van der Waals surface area contributed by atoms with Gasteiger partial charge in [-0.3, -0.25) is 0 Å². The van der Waals surface area contributed by atoms with Crippen molar-refractivity contribution in [2.24, 2.45) is 0 Å². The van der Waals surface area contributed by atoms with Crippen molar-refractivity contribution in [3.8, 4) is 0 Å². The number of nitrogens with one attached hydrogen (secondary N) is 1. The average Bonchev–Trinajstić information content (AvgIpc) is 2.98. The summed E-state index contributed by atoms with van der Waals surface area (Å²) in [5, 5.41) is 7.20. The van der Waals surface area contributed by atoms with E-state index in [9.17, 15) is 0 Å². The first kappa shape index (κ1) is 12.6. The SMILES string of the molecule is CCC1(C)CC(NC2CC2)(c2nccs2)CCO1. The second-order valence-corrected chi connectivity index (χ2v) is 6.81. The highest BCUT2D eigenvalue weighted by molar-refractivity contribution is 7.09. The van der Waals surface area contributed by atoms with Gasteiger partial charge in [0.1, 0.15) is 5.01 Å². The van der Waals surface area contributed by atoms with Crippen LogP contribution in [0.2, 0.25) is 0 Å². The number of hydrogen-bond acceptors (Lipinski definition) is 4. The highest BCUT2D eigenvalue weighted by atomic mass is 32.1. The van der Waals surface area contributed by atoms with E-state index >= 15 is 0 Å². The van der Waals surface area contributed by atoms with E-state index in [1.807, 2.05) is 6.20 Å². The lowest BCUT2D eigenvalue weighted by molar-refractivity contribution is -0.104. The molecule has 2 aliphatic rings. The maximum Gasteiger partial charge on any atom is 0.113 e. The molecule has 1 aromatic heterocycles. The van der Waals surface area contributed by atoms with Crippen molar-refractivity contribution in [3.05, 3.63) is 16.6 Å². The van der Waals surface area contributed by atoms with Gasteiger partial charge in [-0.15, -0.1) is 11.3 Å². The summed E-state index contributed by atoms with van der Waals surface area (Å²) in [5.41, 5.74) is 0.0458. The van der Waals surface area contributed by atoms with Gasteiger partial charge in [0.25, 0.3) is 0 Å². The normalized spacial score (nSPS) is 36.8. The van der Waals surface area contributed by atoms with Gasteiger partial charge in [0, 0.05) is 30.6 Å². The first-order valence-electron chi connectivity index (χ1n) is 6.97. The molecule has 0 radical (unpaired) electrons. The van der Waals surface area contributed by atoms with Gasteiger partial charge >= 0.3 is 0 Å². The Kier molecular flexibility index (Phi) is 3.20. The van der Waals surface area contributed by atoms with Crippen LogP contribution in [0.15, 0.2) is 11.6 Å². The van der Waals surface area contributed by atoms with E-state index in [0.29, 0.717) is 6.04 Å². The molecule has 1 aliphatic carbocycles. The molecule has 0 bridgehead atoms. The van der Waals surface area contributed by atoms with Crippen LogP contribution in [0, 0.1) is 0 Å². The molecule has 1 aromatic rings. The molecule has 0 amide bonds. The van der Waals surface area contributed by atoms with Crippen LogP contribution in [-0.2, 0) is 10.3 Å². The average molecular weight is 266 g/mol. The van der Waals surface area contributed by atoms with E-state index in [1.54, 1.807) is 11.3 Å². The molecule has 4 heteroatoms. The fraction of sp³-hybridized carbons (Fsp3) is 0.786. The minimum absolute atomic E-state index is 0.00812. The Bertz CT molecular complexity index is 404. The van der Waals surface area contributed by atoms with E-state index in [-0.39, 0.29) is 11.1 Å². The van der Waals surface area contributed by atoms with Crippen molar-refractivity contribution in [1.29, 1.82) is 0 Å². The molecule has 3 rings (SSSR count). The van der Waals surface area contributed by atoms with E-state index in [1.165, 1.54) is 17.8 Å².